The van der Waals surface area contributed by atoms with Crippen molar-refractivity contribution in [2.45, 2.75) is 25.8 Å². The topological polar surface area (TPSA) is 34.2 Å². The van der Waals surface area contributed by atoms with Crippen molar-refractivity contribution in [1.82, 2.24) is 9.55 Å². The summed E-state index contributed by atoms with van der Waals surface area (Å²) in [5.41, 5.74) is 3.72. The summed E-state index contributed by atoms with van der Waals surface area (Å²) in [4.78, 5) is 6.81. The Morgan fingerprint density at radius 1 is 1.14 bits per heavy atom. The van der Waals surface area contributed by atoms with Crippen LogP contribution in [0, 0.1) is 0 Å². The highest BCUT2D eigenvalue weighted by Crippen LogP contribution is 2.31. The van der Waals surface area contributed by atoms with Crippen molar-refractivity contribution in [2.75, 3.05) is 18.0 Å². The van der Waals surface area contributed by atoms with Gasteiger partial charge in [-0.1, -0.05) is 0 Å². The molecule has 0 spiro atoms. The highest BCUT2D eigenvalue weighted by atomic mass is 16.3. The number of anilines is 1. The number of rotatable bonds is 3. The molecule has 0 N–H and O–H groups in total. The van der Waals surface area contributed by atoms with Crippen LogP contribution in [0.25, 0.3) is 10.9 Å². The molecule has 1 fully saturated rings. The van der Waals surface area contributed by atoms with Crippen LogP contribution in [0.5, 0.6) is 0 Å². The van der Waals surface area contributed by atoms with Gasteiger partial charge >= 0.3 is 0 Å². The first-order valence-electron chi connectivity index (χ1n) is 7.61. The zero-order chi connectivity index (χ0) is 14.1. The van der Waals surface area contributed by atoms with Crippen molar-refractivity contribution in [3.63, 3.8) is 0 Å². The van der Waals surface area contributed by atoms with Gasteiger partial charge < -0.3 is 13.9 Å². The molecule has 4 rings (SSSR count). The van der Waals surface area contributed by atoms with Crippen LogP contribution < -0.4 is 4.90 Å². The lowest BCUT2D eigenvalue weighted by molar-refractivity contribution is 0.562. The van der Waals surface area contributed by atoms with Crippen LogP contribution in [-0.4, -0.2) is 22.6 Å². The fourth-order valence-corrected chi connectivity index (χ4v) is 3.22. The molecule has 1 saturated heterocycles. The minimum absolute atomic E-state index is 0.826. The fraction of sp³-hybridized carbons (Fsp3) is 0.353. The maximum atomic E-state index is 5.18. The second-order valence-electron chi connectivity index (χ2n) is 5.71. The highest BCUT2D eigenvalue weighted by molar-refractivity contribution is 5.93. The molecule has 0 aliphatic carbocycles. The van der Waals surface area contributed by atoms with E-state index in [9.17, 15) is 0 Å². The summed E-state index contributed by atoms with van der Waals surface area (Å²) in [5.74, 6) is 0. The van der Waals surface area contributed by atoms with E-state index in [1.807, 2.05) is 24.7 Å². The standard InChI is InChI=1S/C17H19N3O/c1-2-7-19(8-3-1)17-12-20(11-14-5-9-21-13-14)16-10-18-6-4-15(16)17/h4-6,9-10,12-13H,1-3,7-8,11H2. The fourth-order valence-electron chi connectivity index (χ4n) is 3.22. The number of hydrogen-bond acceptors (Lipinski definition) is 3. The molecule has 4 heteroatoms. The maximum absolute atomic E-state index is 5.18. The van der Waals surface area contributed by atoms with Crippen LogP contribution in [-0.2, 0) is 6.54 Å². The molecule has 0 amide bonds. The maximum Gasteiger partial charge on any atom is 0.0952 e. The van der Waals surface area contributed by atoms with Gasteiger partial charge in [-0.3, -0.25) is 4.98 Å². The molecule has 4 heterocycles. The summed E-state index contributed by atoms with van der Waals surface area (Å²) in [6, 6.07) is 4.15. The molecule has 3 aromatic rings. The summed E-state index contributed by atoms with van der Waals surface area (Å²) < 4.78 is 7.46. The molecule has 21 heavy (non-hydrogen) atoms. The molecular weight excluding hydrogens is 262 g/mol. The van der Waals surface area contributed by atoms with Gasteiger partial charge in [-0.25, -0.2) is 0 Å². The van der Waals surface area contributed by atoms with Crippen LogP contribution in [0.2, 0.25) is 0 Å². The smallest absolute Gasteiger partial charge is 0.0952 e. The lowest BCUT2D eigenvalue weighted by atomic mass is 10.1. The van der Waals surface area contributed by atoms with Gasteiger partial charge in [0.25, 0.3) is 0 Å². The predicted octanol–water partition coefficient (Wildman–Crippen LogP) is 3.67. The Morgan fingerprint density at radius 3 is 2.86 bits per heavy atom. The van der Waals surface area contributed by atoms with E-state index in [2.05, 4.69) is 26.7 Å². The van der Waals surface area contributed by atoms with E-state index < -0.39 is 0 Å². The average molecular weight is 281 g/mol. The molecule has 0 aromatic carbocycles. The minimum atomic E-state index is 0.826. The first-order valence-corrected chi connectivity index (χ1v) is 7.61. The van der Waals surface area contributed by atoms with Gasteiger partial charge in [-0.15, -0.1) is 0 Å². The Morgan fingerprint density at radius 2 is 2.05 bits per heavy atom. The normalized spacial score (nSPS) is 15.7. The zero-order valence-corrected chi connectivity index (χ0v) is 12.0. The van der Waals surface area contributed by atoms with E-state index >= 15 is 0 Å². The van der Waals surface area contributed by atoms with Crippen LogP contribution >= 0.6 is 0 Å². The number of aromatic nitrogens is 2. The molecule has 1 aliphatic rings. The number of furan rings is 1. The second-order valence-corrected chi connectivity index (χ2v) is 5.71. The summed E-state index contributed by atoms with van der Waals surface area (Å²) in [6.07, 6.45) is 13.6. The molecule has 0 saturated carbocycles. The molecular formula is C17H19N3O. The van der Waals surface area contributed by atoms with E-state index in [-0.39, 0.29) is 0 Å². The summed E-state index contributed by atoms with van der Waals surface area (Å²) in [7, 11) is 0. The first kappa shape index (κ1) is 12.5. The third-order valence-corrected chi connectivity index (χ3v) is 4.29. The Bertz CT molecular complexity index is 724. The van der Waals surface area contributed by atoms with Gasteiger partial charge in [0.1, 0.15) is 0 Å². The quantitative estimate of drug-likeness (QED) is 0.734. The van der Waals surface area contributed by atoms with E-state index in [1.165, 1.54) is 41.4 Å². The van der Waals surface area contributed by atoms with Crippen molar-refractivity contribution < 1.29 is 4.42 Å². The number of fused-ring (bicyclic) bond motifs is 1. The monoisotopic (exact) mass is 281 g/mol. The number of nitrogens with zero attached hydrogens (tertiary/aromatic N) is 3. The van der Waals surface area contributed by atoms with E-state index in [0.717, 1.165) is 19.6 Å². The van der Waals surface area contributed by atoms with Crippen molar-refractivity contribution in [1.29, 1.82) is 0 Å². The van der Waals surface area contributed by atoms with Crippen LogP contribution in [0.1, 0.15) is 24.8 Å². The Hall–Kier alpha value is -2.23. The summed E-state index contributed by atoms with van der Waals surface area (Å²) in [5, 5.41) is 1.30. The van der Waals surface area contributed by atoms with Gasteiger partial charge in [0.05, 0.1) is 36.5 Å². The second kappa shape index (κ2) is 5.28. The van der Waals surface area contributed by atoms with Crippen LogP contribution in [0.3, 0.4) is 0 Å². The lowest BCUT2D eigenvalue weighted by Gasteiger charge is -2.28. The van der Waals surface area contributed by atoms with Crippen molar-refractivity contribution in [3.8, 4) is 0 Å². The van der Waals surface area contributed by atoms with Crippen molar-refractivity contribution in [3.05, 3.63) is 48.8 Å². The van der Waals surface area contributed by atoms with Gasteiger partial charge in [0.15, 0.2) is 0 Å². The molecule has 0 bridgehead atoms. The van der Waals surface area contributed by atoms with Gasteiger partial charge in [-0.05, 0) is 31.4 Å². The highest BCUT2D eigenvalue weighted by Gasteiger charge is 2.17. The zero-order valence-electron chi connectivity index (χ0n) is 12.0. The largest absolute Gasteiger partial charge is 0.472 e. The van der Waals surface area contributed by atoms with Crippen molar-refractivity contribution in [2.24, 2.45) is 0 Å². The SMILES string of the molecule is c1cc2c(N3CCCCC3)cn(Cc3ccoc3)c2cn1. The Kier molecular flexibility index (Phi) is 3.14. The van der Waals surface area contributed by atoms with Crippen LogP contribution in [0.15, 0.2) is 47.7 Å². The van der Waals surface area contributed by atoms with E-state index in [0.29, 0.717) is 0 Å². The lowest BCUT2D eigenvalue weighted by Crippen LogP contribution is -2.29. The first-order chi connectivity index (χ1) is 10.4. The predicted molar refractivity (Wildman–Crippen MR) is 83.6 cm³/mol. The van der Waals surface area contributed by atoms with Gasteiger partial charge in [0.2, 0.25) is 0 Å². The molecule has 3 aromatic heterocycles. The Balaban J connectivity index is 1.76. The van der Waals surface area contributed by atoms with Gasteiger partial charge in [0, 0.05) is 36.4 Å². The van der Waals surface area contributed by atoms with Crippen LogP contribution in [0.4, 0.5) is 5.69 Å². The van der Waals surface area contributed by atoms with Crippen molar-refractivity contribution >= 4 is 16.6 Å². The number of hydrogen-bond donors (Lipinski definition) is 0. The molecule has 1 aliphatic heterocycles. The molecule has 108 valence electrons. The summed E-state index contributed by atoms with van der Waals surface area (Å²) in [6.45, 7) is 3.15. The third kappa shape index (κ3) is 2.31. The van der Waals surface area contributed by atoms with E-state index in [4.69, 9.17) is 4.42 Å². The number of pyridine rings is 1. The van der Waals surface area contributed by atoms with Gasteiger partial charge in [-0.2, -0.15) is 0 Å². The molecule has 0 unspecified atom stereocenters. The minimum Gasteiger partial charge on any atom is -0.472 e. The third-order valence-electron chi connectivity index (χ3n) is 4.29. The molecule has 0 atom stereocenters. The molecule has 0 radical (unpaired) electrons. The summed E-state index contributed by atoms with van der Waals surface area (Å²) >= 11 is 0. The Labute approximate surface area is 124 Å². The number of piperidine rings is 1. The molecule has 4 nitrogen and oxygen atoms in total. The average Bonchev–Trinajstić information content (AvgIpc) is 3.17. The van der Waals surface area contributed by atoms with E-state index in [1.54, 1.807) is 6.26 Å².